The highest BCUT2D eigenvalue weighted by molar-refractivity contribution is 7.98. The monoisotopic (exact) mass is 342 g/mol. The molecule has 0 spiro atoms. The summed E-state index contributed by atoms with van der Waals surface area (Å²) >= 11 is 1.70. The third kappa shape index (κ3) is 2.82. The van der Waals surface area contributed by atoms with Crippen LogP contribution in [-0.2, 0) is 19.8 Å². The number of hydrogen-bond acceptors (Lipinski definition) is 5. The van der Waals surface area contributed by atoms with Crippen LogP contribution in [-0.4, -0.2) is 37.4 Å². The molecule has 1 aliphatic heterocycles. The number of imidazole rings is 1. The number of thioether (sulfide) groups is 1. The SMILES string of the molecule is Cn1c(SCc2nc3ccccc3n2C)nnc1C1CCCNC1. The molecule has 3 aromatic rings. The molecule has 1 aromatic carbocycles. The Morgan fingerprint density at radius 1 is 1.21 bits per heavy atom. The molecule has 0 radical (unpaired) electrons. The molecule has 24 heavy (non-hydrogen) atoms. The Bertz CT molecular complexity index is 846. The number of aromatic nitrogens is 5. The number of nitrogens with one attached hydrogen (secondary N) is 1. The van der Waals surface area contributed by atoms with Crippen molar-refractivity contribution in [1.29, 1.82) is 0 Å². The van der Waals surface area contributed by atoms with Gasteiger partial charge in [0.1, 0.15) is 11.6 Å². The third-order valence-electron chi connectivity index (χ3n) is 4.74. The lowest BCUT2D eigenvalue weighted by molar-refractivity contribution is 0.436. The first-order valence-electron chi connectivity index (χ1n) is 8.37. The van der Waals surface area contributed by atoms with Crippen LogP contribution in [0.3, 0.4) is 0 Å². The van der Waals surface area contributed by atoms with E-state index in [4.69, 9.17) is 4.98 Å². The molecule has 7 heteroatoms. The number of piperidine rings is 1. The van der Waals surface area contributed by atoms with Crippen molar-refractivity contribution in [2.24, 2.45) is 14.1 Å². The molecule has 1 fully saturated rings. The predicted octanol–water partition coefficient (Wildman–Crippen LogP) is 2.46. The van der Waals surface area contributed by atoms with Crippen molar-refractivity contribution in [3.63, 3.8) is 0 Å². The van der Waals surface area contributed by atoms with Crippen LogP contribution < -0.4 is 5.32 Å². The van der Waals surface area contributed by atoms with Crippen LogP contribution in [0, 0.1) is 0 Å². The van der Waals surface area contributed by atoms with Crippen LogP contribution in [0.15, 0.2) is 29.4 Å². The average molecular weight is 342 g/mol. The summed E-state index contributed by atoms with van der Waals surface area (Å²) in [6.45, 7) is 2.12. The van der Waals surface area contributed by atoms with Crippen molar-refractivity contribution < 1.29 is 0 Å². The highest BCUT2D eigenvalue weighted by Crippen LogP contribution is 2.27. The molecule has 3 heterocycles. The van der Waals surface area contributed by atoms with Crippen LogP contribution in [0.2, 0.25) is 0 Å². The lowest BCUT2D eigenvalue weighted by Gasteiger charge is -2.21. The third-order valence-corrected chi connectivity index (χ3v) is 5.76. The first-order valence-corrected chi connectivity index (χ1v) is 9.35. The molecule has 4 rings (SSSR count). The number of para-hydroxylation sites is 2. The summed E-state index contributed by atoms with van der Waals surface area (Å²) in [5, 5.41) is 13.3. The Morgan fingerprint density at radius 2 is 2.08 bits per heavy atom. The van der Waals surface area contributed by atoms with Crippen LogP contribution in [0.5, 0.6) is 0 Å². The van der Waals surface area contributed by atoms with Crippen molar-refractivity contribution in [3.8, 4) is 0 Å². The number of fused-ring (bicyclic) bond motifs is 1. The van der Waals surface area contributed by atoms with Crippen LogP contribution >= 0.6 is 11.8 Å². The molecule has 1 aliphatic rings. The van der Waals surface area contributed by atoms with Gasteiger partial charge < -0.3 is 14.5 Å². The van der Waals surface area contributed by atoms with Gasteiger partial charge in [0.25, 0.3) is 0 Å². The molecule has 0 aliphatic carbocycles. The van der Waals surface area contributed by atoms with Crippen molar-refractivity contribution in [1.82, 2.24) is 29.6 Å². The van der Waals surface area contributed by atoms with E-state index >= 15 is 0 Å². The van der Waals surface area contributed by atoms with E-state index in [0.717, 1.165) is 41.2 Å². The Morgan fingerprint density at radius 3 is 2.88 bits per heavy atom. The molecule has 0 amide bonds. The van der Waals surface area contributed by atoms with Gasteiger partial charge in [-0.05, 0) is 31.5 Å². The van der Waals surface area contributed by atoms with Gasteiger partial charge in [-0.15, -0.1) is 10.2 Å². The normalized spacial score (nSPS) is 18.3. The molecular weight excluding hydrogens is 320 g/mol. The molecule has 6 nitrogen and oxygen atoms in total. The molecule has 1 saturated heterocycles. The van der Waals surface area contributed by atoms with E-state index in [1.807, 2.05) is 12.1 Å². The Labute approximate surface area is 145 Å². The second kappa shape index (κ2) is 6.57. The van der Waals surface area contributed by atoms with Gasteiger partial charge >= 0.3 is 0 Å². The summed E-state index contributed by atoms with van der Waals surface area (Å²) < 4.78 is 4.30. The van der Waals surface area contributed by atoms with Crippen molar-refractivity contribution in [3.05, 3.63) is 35.9 Å². The lowest BCUT2D eigenvalue weighted by Crippen LogP contribution is -2.29. The van der Waals surface area contributed by atoms with Gasteiger partial charge in [0.15, 0.2) is 5.16 Å². The zero-order valence-electron chi connectivity index (χ0n) is 14.1. The molecule has 1 atom stereocenters. The zero-order valence-corrected chi connectivity index (χ0v) is 14.9. The van der Waals surface area contributed by atoms with E-state index in [2.05, 4.69) is 50.9 Å². The standard InChI is InChI=1S/C17H22N6S/c1-22-14-8-4-3-7-13(14)19-15(22)11-24-17-21-20-16(23(17)2)12-6-5-9-18-10-12/h3-4,7-8,12,18H,5-6,9-11H2,1-2H3. The average Bonchev–Trinajstić information content (AvgIpc) is 3.14. The fourth-order valence-electron chi connectivity index (χ4n) is 3.33. The minimum Gasteiger partial charge on any atom is -0.330 e. The Kier molecular flexibility index (Phi) is 4.28. The lowest BCUT2D eigenvalue weighted by atomic mass is 9.99. The van der Waals surface area contributed by atoms with Crippen LogP contribution in [0.4, 0.5) is 0 Å². The van der Waals surface area contributed by atoms with Crippen LogP contribution in [0.1, 0.15) is 30.4 Å². The Balaban J connectivity index is 1.51. The van der Waals surface area contributed by atoms with E-state index in [-0.39, 0.29) is 0 Å². The molecular formula is C17H22N6S. The maximum Gasteiger partial charge on any atom is 0.191 e. The minimum atomic E-state index is 0.473. The summed E-state index contributed by atoms with van der Waals surface area (Å²) in [5.41, 5.74) is 2.21. The number of nitrogens with zero attached hydrogens (tertiary/aromatic N) is 5. The van der Waals surface area contributed by atoms with E-state index < -0.39 is 0 Å². The van der Waals surface area contributed by atoms with Crippen molar-refractivity contribution in [2.75, 3.05) is 13.1 Å². The Hall–Kier alpha value is -1.86. The topological polar surface area (TPSA) is 60.6 Å². The van der Waals surface area contributed by atoms with Gasteiger partial charge in [0.2, 0.25) is 0 Å². The second-order valence-electron chi connectivity index (χ2n) is 6.31. The maximum absolute atomic E-state index is 4.73. The van der Waals surface area contributed by atoms with Crippen molar-refractivity contribution in [2.45, 2.75) is 29.7 Å². The maximum atomic E-state index is 4.73. The number of aryl methyl sites for hydroxylation is 1. The highest BCUT2D eigenvalue weighted by atomic mass is 32.2. The smallest absolute Gasteiger partial charge is 0.191 e. The fourth-order valence-corrected chi connectivity index (χ4v) is 4.24. The van der Waals surface area contributed by atoms with Gasteiger partial charge in [-0.2, -0.15) is 0 Å². The first-order chi connectivity index (χ1) is 11.7. The van der Waals surface area contributed by atoms with Gasteiger partial charge in [-0.3, -0.25) is 0 Å². The highest BCUT2D eigenvalue weighted by Gasteiger charge is 2.22. The fraction of sp³-hybridized carbons (Fsp3) is 0.471. The summed E-state index contributed by atoms with van der Waals surface area (Å²) in [7, 11) is 4.14. The zero-order chi connectivity index (χ0) is 16.5. The van der Waals surface area contributed by atoms with Gasteiger partial charge in [-0.25, -0.2) is 4.98 Å². The summed E-state index contributed by atoms with van der Waals surface area (Å²) in [6, 6.07) is 8.24. The molecule has 1 N–H and O–H groups in total. The van der Waals surface area contributed by atoms with Crippen LogP contribution in [0.25, 0.3) is 11.0 Å². The number of rotatable bonds is 4. The molecule has 1 unspecified atom stereocenters. The molecule has 126 valence electrons. The summed E-state index contributed by atoms with van der Waals surface area (Å²) in [4.78, 5) is 4.73. The number of hydrogen-bond donors (Lipinski definition) is 1. The quantitative estimate of drug-likeness (QED) is 0.738. The van der Waals surface area contributed by atoms with E-state index in [0.29, 0.717) is 5.92 Å². The molecule has 2 aromatic heterocycles. The van der Waals surface area contributed by atoms with Gasteiger partial charge in [0, 0.05) is 26.6 Å². The molecule has 0 bridgehead atoms. The second-order valence-corrected chi connectivity index (χ2v) is 7.25. The minimum absolute atomic E-state index is 0.473. The first kappa shape index (κ1) is 15.7. The van der Waals surface area contributed by atoms with Crippen molar-refractivity contribution >= 4 is 22.8 Å². The van der Waals surface area contributed by atoms with Gasteiger partial charge in [0.05, 0.1) is 16.8 Å². The predicted molar refractivity (Wildman–Crippen MR) is 96.1 cm³/mol. The summed E-state index contributed by atoms with van der Waals surface area (Å²) in [6.07, 6.45) is 2.40. The summed E-state index contributed by atoms with van der Waals surface area (Å²) in [5.74, 6) is 3.42. The van der Waals surface area contributed by atoms with E-state index in [1.54, 1.807) is 11.8 Å². The number of benzene rings is 1. The molecule has 0 saturated carbocycles. The largest absolute Gasteiger partial charge is 0.330 e. The van der Waals surface area contributed by atoms with E-state index in [9.17, 15) is 0 Å². The van der Waals surface area contributed by atoms with Gasteiger partial charge in [-0.1, -0.05) is 23.9 Å². The van der Waals surface area contributed by atoms with E-state index in [1.165, 1.54) is 18.4 Å².